The number of hydrogen-bond acceptors (Lipinski definition) is 9. The van der Waals surface area contributed by atoms with Crippen molar-refractivity contribution in [3.63, 3.8) is 0 Å². The van der Waals surface area contributed by atoms with Gasteiger partial charge in [-0.3, -0.25) is 4.79 Å². The standard InChI is InChI=1S/C23H27N3O6S/c1-28-17-7-5-15(11-19(17)30-3)9-10-24-21(27)13-33-14-22-25-23(26-32-22)16-6-8-18(29-2)20(12-16)31-4/h5-8,11-12H,9-10,13-14H2,1-4H3,(H,24,27). The van der Waals surface area contributed by atoms with Crippen molar-refractivity contribution >= 4 is 17.7 Å². The van der Waals surface area contributed by atoms with Gasteiger partial charge in [0.2, 0.25) is 17.6 Å². The van der Waals surface area contributed by atoms with Crippen LogP contribution in [0.2, 0.25) is 0 Å². The zero-order valence-electron chi connectivity index (χ0n) is 19.0. The Morgan fingerprint density at radius 1 is 0.939 bits per heavy atom. The van der Waals surface area contributed by atoms with Gasteiger partial charge in [-0.05, 0) is 42.3 Å². The molecule has 0 atom stereocenters. The van der Waals surface area contributed by atoms with Gasteiger partial charge in [0.05, 0.1) is 39.9 Å². The van der Waals surface area contributed by atoms with Crippen molar-refractivity contribution in [3.8, 4) is 34.4 Å². The quantitative estimate of drug-likeness (QED) is 0.424. The molecule has 10 heteroatoms. The molecule has 1 heterocycles. The molecule has 0 radical (unpaired) electrons. The van der Waals surface area contributed by atoms with Gasteiger partial charge in [-0.25, -0.2) is 0 Å². The fourth-order valence-corrected chi connectivity index (χ4v) is 3.75. The van der Waals surface area contributed by atoms with Crippen LogP contribution in [0.25, 0.3) is 11.4 Å². The Morgan fingerprint density at radius 2 is 1.61 bits per heavy atom. The first-order chi connectivity index (χ1) is 16.1. The van der Waals surface area contributed by atoms with Gasteiger partial charge in [-0.2, -0.15) is 4.98 Å². The molecular formula is C23H27N3O6S. The zero-order chi connectivity index (χ0) is 23.6. The van der Waals surface area contributed by atoms with Crippen molar-refractivity contribution in [2.75, 3.05) is 40.7 Å². The van der Waals surface area contributed by atoms with E-state index in [2.05, 4.69) is 15.5 Å². The molecule has 0 saturated carbocycles. The van der Waals surface area contributed by atoms with E-state index >= 15 is 0 Å². The predicted octanol–water partition coefficient (Wildman–Crippen LogP) is 3.36. The molecule has 0 aliphatic heterocycles. The lowest BCUT2D eigenvalue weighted by atomic mass is 10.1. The second kappa shape index (κ2) is 12.0. The van der Waals surface area contributed by atoms with E-state index in [1.807, 2.05) is 24.3 Å². The van der Waals surface area contributed by atoms with Gasteiger partial charge in [0, 0.05) is 12.1 Å². The third-order valence-electron chi connectivity index (χ3n) is 4.75. The van der Waals surface area contributed by atoms with Crippen LogP contribution < -0.4 is 24.3 Å². The van der Waals surface area contributed by atoms with E-state index in [0.29, 0.717) is 59.2 Å². The van der Waals surface area contributed by atoms with E-state index in [0.717, 1.165) is 11.1 Å². The molecule has 0 saturated heterocycles. The van der Waals surface area contributed by atoms with Crippen molar-refractivity contribution < 1.29 is 28.3 Å². The second-order valence-corrected chi connectivity index (χ2v) is 7.85. The van der Waals surface area contributed by atoms with Crippen LogP contribution in [0.5, 0.6) is 23.0 Å². The number of carbonyl (C=O) groups is 1. The first-order valence-electron chi connectivity index (χ1n) is 10.2. The summed E-state index contributed by atoms with van der Waals surface area (Å²) in [5, 5.41) is 6.92. The van der Waals surface area contributed by atoms with Crippen LogP contribution in [0.3, 0.4) is 0 Å². The Kier molecular flexibility index (Phi) is 8.82. The second-order valence-electron chi connectivity index (χ2n) is 6.86. The van der Waals surface area contributed by atoms with Crippen LogP contribution in [-0.2, 0) is 17.0 Å². The summed E-state index contributed by atoms with van der Waals surface area (Å²) in [5.41, 5.74) is 1.80. The molecule has 1 amide bonds. The number of amides is 1. The lowest BCUT2D eigenvalue weighted by Crippen LogP contribution is -2.27. The van der Waals surface area contributed by atoms with Crippen LogP contribution in [0, 0.1) is 0 Å². The number of benzene rings is 2. The van der Waals surface area contributed by atoms with Crippen molar-refractivity contribution in [1.82, 2.24) is 15.5 Å². The van der Waals surface area contributed by atoms with Gasteiger partial charge in [0.1, 0.15) is 0 Å². The van der Waals surface area contributed by atoms with E-state index in [-0.39, 0.29) is 5.91 Å². The highest BCUT2D eigenvalue weighted by atomic mass is 32.2. The number of carbonyl (C=O) groups excluding carboxylic acids is 1. The Hall–Kier alpha value is -3.40. The number of nitrogens with one attached hydrogen (secondary N) is 1. The van der Waals surface area contributed by atoms with Crippen LogP contribution in [0.15, 0.2) is 40.9 Å². The topological polar surface area (TPSA) is 105 Å². The maximum Gasteiger partial charge on any atom is 0.236 e. The highest BCUT2D eigenvalue weighted by Crippen LogP contribution is 2.31. The molecule has 9 nitrogen and oxygen atoms in total. The number of nitrogens with zero attached hydrogens (tertiary/aromatic N) is 2. The summed E-state index contributed by atoms with van der Waals surface area (Å²) >= 11 is 1.40. The number of methoxy groups -OCH3 is 4. The summed E-state index contributed by atoms with van der Waals surface area (Å²) in [5.74, 6) is 4.12. The summed E-state index contributed by atoms with van der Waals surface area (Å²) in [7, 11) is 6.34. The minimum Gasteiger partial charge on any atom is -0.493 e. The minimum absolute atomic E-state index is 0.0555. The first kappa shape index (κ1) is 24.2. The summed E-state index contributed by atoms with van der Waals surface area (Å²) in [6, 6.07) is 11.1. The zero-order valence-corrected chi connectivity index (χ0v) is 19.9. The Morgan fingerprint density at radius 3 is 2.30 bits per heavy atom. The molecule has 0 aliphatic rings. The van der Waals surface area contributed by atoms with E-state index in [4.69, 9.17) is 23.5 Å². The van der Waals surface area contributed by atoms with Crippen molar-refractivity contribution in [2.45, 2.75) is 12.2 Å². The fraction of sp³-hybridized carbons (Fsp3) is 0.348. The Balaban J connectivity index is 1.43. The number of thioether (sulfide) groups is 1. The first-order valence-corrected chi connectivity index (χ1v) is 11.3. The average Bonchev–Trinajstić information content (AvgIpc) is 3.32. The van der Waals surface area contributed by atoms with Gasteiger partial charge in [-0.1, -0.05) is 11.2 Å². The highest BCUT2D eigenvalue weighted by Gasteiger charge is 2.13. The van der Waals surface area contributed by atoms with Gasteiger partial charge < -0.3 is 28.8 Å². The van der Waals surface area contributed by atoms with Crippen molar-refractivity contribution in [2.24, 2.45) is 0 Å². The molecule has 0 fully saturated rings. The summed E-state index contributed by atoms with van der Waals surface area (Å²) in [4.78, 5) is 16.5. The Labute approximate surface area is 196 Å². The summed E-state index contributed by atoms with van der Waals surface area (Å²) in [6.07, 6.45) is 0.690. The summed E-state index contributed by atoms with van der Waals surface area (Å²) in [6.45, 7) is 0.527. The molecule has 2 aromatic carbocycles. The van der Waals surface area contributed by atoms with E-state index in [1.165, 1.54) is 11.8 Å². The lowest BCUT2D eigenvalue weighted by molar-refractivity contribution is -0.118. The van der Waals surface area contributed by atoms with Crippen LogP contribution in [0.4, 0.5) is 0 Å². The maximum atomic E-state index is 12.1. The molecule has 3 rings (SSSR count). The number of ether oxygens (including phenoxy) is 4. The minimum atomic E-state index is -0.0555. The molecule has 0 aliphatic carbocycles. The molecule has 1 aromatic heterocycles. The van der Waals surface area contributed by atoms with Crippen LogP contribution in [0.1, 0.15) is 11.5 Å². The predicted molar refractivity (Wildman–Crippen MR) is 125 cm³/mol. The van der Waals surface area contributed by atoms with Gasteiger partial charge in [-0.15, -0.1) is 11.8 Å². The van der Waals surface area contributed by atoms with Crippen molar-refractivity contribution in [3.05, 3.63) is 47.9 Å². The average molecular weight is 474 g/mol. The molecule has 0 bridgehead atoms. The van der Waals surface area contributed by atoms with Crippen LogP contribution >= 0.6 is 11.8 Å². The number of rotatable bonds is 12. The molecular weight excluding hydrogens is 446 g/mol. The smallest absolute Gasteiger partial charge is 0.236 e. The lowest BCUT2D eigenvalue weighted by Gasteiger charge is -2.10. The molecule has 3 aromatic rings. The Bertz CT molecular complexity index is 1070. The normalized spacial score (nSPS) is 10.5. The van der Waals surface area contributed by atoms with Crippen molar-refractivity contribution in [1.29, 1.82) is 0 Å². The largest absolute Gasteiger partial charge is 0.493 e. The molecule has 0 spiro atoms. The molecule has 1 N–H and O–H groups in total. The number of hydrogen-bond donors (Lipinski definition) is 1. The SMILES string of the molecule is COc1ccc(CCNC(=O)CSCc2nc(-c3ccc(OC)c(OC)c3)no2)cc1OC. The third kappa shape index (κ3) is 6.55. The highest BCUT2D eigenvalue weighted by molar-refractivity contribution is 7.99. The monoisotopic (exact) mass is 473 g/mol. The van der Waals surface area contributed by atoms with Gasteiger partial charge in [0.25, 0.3) is 0 Å². The molecule has 33 heavy (non-hydrogen) atoms. The fourth-order valence-electron chi connectivity index (χ4n) is 3.07. The van der Waals surface area contributed by atoms with E-state index in [9.17, 15) is 4.79 Å². The number of aromatic nitrogens is 2. The van der Waals surface area contributed by atoms with Crippen LogP contribution in [-0.4, -0.2) is 56.8 Å². The van der Waals surface area contributed by atoms with E-state index in [1.54, 1.807) is 40.6 Å². The van der Waals surface area contributed by atoms with Gasteiger partial charge >= 0.3 is 0 Å². The van der Waals surface area contributed by atoms with E-state index < -0.39 is 0 Å². The molecule has 176 valence electrons. The maximum absolute atomic E-state index is 12.1. The van der Waals surface area contributed by atoms with Gasteiger partial charge in [0.15, 0.2) is 23.0 Å². The molecule has 0 unspecified atom stereocenters. The summed E-state index contributed by atoms with van der Waals surface area (Å²) < 4.78 is 26.4. The third-order valence-corrected chi connectivity index (χ3v) is 5.67.